The summed E-state index contributed by atoms with van der Waals surface area (Å²) in [6.07, 6.45) is 1.63. The summed E-state index contributed by atoms with van der Waals surface area (Å²) in [5, 5.41) is 8.72. The molecule has 0 aliphatic heterocycles. The molecular weight excluding hydrogens is 214 g/mol. The van der Waals surface area contributed by atoms with Crippen LogP contribution in [0.3, 0.4) is 0 Å². The van der Waals surface area contributed by atoms with Crippen molar-refractivity contribution in [3.63, 3.8) is 0 Å². The number of pyridine rings is 1. The number of nitrogens with zero attached hydrogens (tertiary/aromatic N) is 2. The molecule has 0 amide bonds. The van der Waals surface area contributed by atoms with Gasteiger partial charge < -0.3 is 10.5 Å². The maximum Gasteiger partial charge on any atom is 0.150 e. The van der Waals surface area contributed by atoms with E-state index in [1.807, 2.05) is 25.1 Å². The standard InChI is InChI=1S/C13H11N3O/c1-9-2-4-11(8-16-9)17-13-5-3-10(7-14)6-12(13)15/h2-6,8H,15H2,1H3. The molecule has 84 valence electrons. The fraction of sp³-hybridized carbons (Fsp3) is 0.0769. The number of aromatic nitrogens is 1. The van der Waals surface area contributed by atoms with E-state index in [1.54, 1.807) is 24.4 Å². The van der Waals surface area contributed by atoms with Crippen LogP contribution in [-0.2, 0) is 0 Å². The Morgan fingerprint density at radius 1 is 1.29 bits per heavy atom. The van der Waals surface area contributed by atoms with Crippen molar-refractivity contribution in [2.45, 2.75) is 6.92 Å². The van der Waals surface area contributed by atoms with Crippen molar-refractivity contribution in [2.75, 3.05) is 5.73 Å². The van der Waals surface area contributed by atoms with Crippen LogP contribution in [0.25, 0.3) is 0 Å². The average Bonchev–Trinajstić information content (AvgIpc) is 2.34. The molecule has 4 heteroatoms. The Kier molecular flexibility index (Phi) is 2.93. The van der Waals surface area contributed by atoms with Crippen LogP contribution >= 0.6 is 0 Å². The zero-order valence-corrected chi connectivity index (χ0v) is 9.34. The van der Waals surface area contributed by atoms with Gasteiger partial charge in [-0.15, -0.1) is 0 Å². The molecule has 0 radical (unpaired) electrons. The molecule has 2 N–H and O–H groups in total. The molecule has 1 heterocycles. The number of nitrogen functional groups attached to an aromatic ring is 1. The van der Waals surface area contributed by atoms with E-state index in [0.717, 1.165) is 5.69 Å². The first-order chi connectivity index (χ1) is 8.19. The number of rotatable bonds is 2. The van der Waals surface area contributed by atoms with Crippen molar-refractivity contribution < 1.29 is 4.74 Å². The summed E-state index contributed by atoms with van der Waals surface area (Å²) in [6.45, 7) is 1.90. The van der Waals surface area contributed by atoms with Gasteiger partial charge in [0.25, 0.3) is 0 Å². The molecule has 1 aromatic carbocycles. The van der Waals surface area contributed by atoms with Crippen LogP contribution in [0.1, 0.15) is 11.3 Å². The smallest absolute Gasteiger partial charge is 0.150 e. The number of nitrogens with two attached hydrogens (primary N) is 1. The van der Waals surface area contributed by atoms with Crippen LogP contribution in [0.4, 0.5) is 5.69 Å². The summed E-state index contributed by atoms with van der Waals surface area (Å²) < 4.78 is 5.57. The van der Waals surface area contributed by atoms with Crippen molar-refractivity contribution >= 4 is 5.69 Å². The Hall–Kier alpha value is -2.54. The third kappa shape index (κ3) is 2.52. The van der Waals surface area contributed by atoms with Crippen LogP contribution in [-0.4, -0.2) is 4.98 Å². The molecule has 0 saturated carbocycles. The topological polar surface area (TPSA) is 71.9 Å². The number of aryl methyl sites for hydroxylation is 1. The van der Waals surface area contributed by atoms with Crippen LogP contribution in [0.5, 0.6) is 11.5 Å². The highest BCUT2D eigenvalue weighted by atomic mass is 16.5. The zero-order valence-electron chi connectivity index (χ0n) is 9.34. The lowest BCUT2D eigenvalue weighted by molar-refractivity contribution is 0.482. The number of hydrogen-bond donors (Lipinski definition) is 1. The normalized spacial score (nSPS) is 9.65. The fourth-order valence-corrected chi connectivity index (χ4v) is 1.35. The molecule has 1 aromatic heterocycles. The highest BCUT2D eigenvalue weighted by Crippen LogP contribution is 2.27. The lowest BCUT2D eigenvalue weighted by Crippen LogP contribution is -1.93. The highest BCUT2D eigenvalue weighted by molar-refractivity contribution is 5.57. The maximum atomic E-state index is 8.72. The summed E-state index contributed by atoms with van der Waals surface area (Å²) in [4.78, 5) is 4.12. The number of hydrogen-bond acceptors (Lipinski definition) is 4. The van der Waals surface area contributed by atoms with E-state index in [2.05, 4.69) is 4.98 Å². The second-order valence-electron chi connectivity index (χ2n) is 3.60. The quantitative estimate of drug-likeness (QED) is 0.797. The SMILES string of the molecule is Cc1ccc(Oc2ccc(C#N)cc2N)cn1. The van der Waals surface area contributed by atoms with Gasteiger partial charge in [0, 0.05) is 5.69 Å². The molecule has 2 rings (SSSR count). The first-order valence-corrected chi connectivity index (χ1v) is 5.09. The van der Waals surface area contributed by atoms with Gasteiger partial charge in [0.1, 0.15) is 11.5 Å². The van der Waals surface area contributed by atoms with E-state index in [0.29, 0.717) is 22.7 Å². The van der Waals surface area contributed by atoms with E-state index >= 15 is 0 Å². The monoisotopic (exact) mass is 225 g/mol. The van der Waals surface area contributed by atoms with Gasteiger partial charge in [0.2, 0.25) is 0 Å². The molecule has 0 fully saturated rings. The molecular formula is C13H11N3O. The Bertz CT molecular complexity index is 570. The lowest BCUT2D eigenvalue weighted by Gasteiger charge is -2.08. The van der Waals surface area contributed by atoms with Crippen molar-refractivity contribution in [2.24, 2.45) is 0 Å². The van der Waals surface area contributed by atoms with E-state index in [9.17, 15) is 0 Å². The van der Waals surface area contributed by atoms with Crippen LogP contribution in [0.15, 0.2) is 36.5 Å². The Morgan fingerprint density at radius 2 is 2.12 bits per heavy atom. The summed E-state index contributed by atoms with van der Waals surface area (Å²) in [5.41, 5.74) is 7.65. The number of anilines is 1. The lowest BCUT2D eigenvalue weighted by atomic mass is 10.2. The Balaban J connectivity index is 2.25. The predicted octanol–water partition coefficient (Wildman–Crippen LogP) is 2.64. The average molecular weight is 225 g/mol. The third-order valence-corrected chi connectivity index (χ3v) is 2.25. The minimum atomic E-state index is 0.435. The summed E-state index contributed by atoms with van der Waals surface area (Å²) >= 11 is 0. The first kappa shape index (κ1) is 11.0. The van der Waals surface area contributed by atoms with Crippen molar-refractivity contribution in [1.29, 1.82) is 5.26 Å². The second kappa shape index (κ2) is 4.54. The zero-order chi connectivity index (χ0) is 12.3. The summed E-state index contributed by atoms with van der Waals surface area (Å²) in [6, 6.07) is 10.6. The molecule has 0 saturated heterocycles. The number of ether oxygens (including phenoxy) is 1. The van der Waals surface area contributed by atoms with Crippen molar-refractivity contribution in [3.8, 4) is 17.6 Å². The van der Waals surface area contributed by atoms with Crippen molar-refractivity contribution in [1.82, 2.24) is 4.98 Å². The van der Waals surface area contributed by atoms with E-state index in [4.69, 9.17) is 15.7 Å². The van der Waals surface area contributed by atoms with Gasteiger partial charge in [-0.2, -0.15) is 5.26 Å². The predicted molar refractivity (Wildman–Crippen MR) is 64.6 cm³/mol. The maximum absolute atomic E-state index is 8.72. The molecule has 0 aliphatic carbocycles. The summed E-state index contributed by atoms with van der Waals surface area (Å²) in [7, 11) is 0. The van der Waals surface area contributed by atoms with E-state index in [-0.39, 0.29) is 0 Å². The van der Waals surface area contributed by atoms with Crippen molar-refractivity contribution in [3.05, 3.63) is 47.8 Å². The Labute approximate surface area is 99.3 Å². The number of nitriles is 1. The fourth-order valence-electron chi connectivity index (χ4n) is 1.35. The van der Waals surface area contributed by atoms with Gasteiger partial charge in [0.15, 0.2) is 0 Å². The van der Waals surface area contributed by atoms with E-state index < -0.39 is 0 Å². The van der Waals surface area contributed by atoms with E-state index in [1.165, 1.54) is 0 Å². The van der Waals surface area contributed by atoms with Gasteiger partial charge in [-0.25, -0.2) is 0 Å². The third-order valence-electron chi connectivity index (χ3n) is 2.25. The molecule has 0 atom stereocenters. The van der Waals surface area contributed by atoms with Gasteiger partial charge in [0.05, 0.1) is 23.5 Å². The second-order valence-corrected chi connectivity index (χ2v) is 3.60. The molecule has 0 aliphatic rings. The molecule has 4 nitrogen and oxygen atoms in total. The van der Waals surface area contributed by atoms with Crippen LogP contribution in [0.2, 0.25) is 0 Å². The molecule has 0 bridgehead atoms. The highest BCUT2D eigenvalue weighted by Gasteiger charge is 2.03. The molecule has 0 spiro atoms. The van der Waals surface area contributed by atoms with Crippen LogP contribution in [0, 0.1) is 18.3 Å². The minimum absolute atomic E-state index is 0.435. The van der Waals surface area contributed by atoms with Crippen LogP contribution < -0.4 is 10.5 Å². The van der Waals surface area contributed by atoms with Gasteiger partial charge in [-0.05, 0) is 37.3 Å². The van der Waals surface area contributed by atoms with Gasteiger partial charge in [-0.1, -0.05) is 0 Å². The largest absolute Gasteiger partial charge is 0.454 e. The van der Waals surface area contributed by atoms with Gasteiger partial charge >= 0.3 is 0 Å². The Morgan fingerprint density at radius 3 is 2.71 bits per heavy atom. The van der Waals surface area contributed by atoms with Gasteiger partial charge in [-0.3, -0.25) is 4.98 Å². The molecule has 17 heavy (non-hydrogen) atoms. The summed E-state index contributed by atoms with van der Waals surface area (Å²) in [5.74, 6) is 1.14. The molecule has 2 aromatic rings. The molecule has 0 unspecified atom stereocenters. The first-order valence-electron chi connectivity index (χ1n) is 5.09. The minimum Gasteiger partial charge on any atom is -0.454 e. The number of benzene rings is 1.